The number of rotatable bonds is 4. The number of carbonyl (C=O) groups is 1. The van der Waals surface area contributed by atoms with Crippen molar-refractivity contribution in [3.8, 4) is 0 Å². The van der Waals surface area contributed by atoms with Crippen LogP contribution in [0.1, 0.15) is 37.4 Å². The van der Waals surface area contributed by atoms with Gasteiger partial charge in [-0.1, -0.05) is 5.16 Å². The van der Waals surface area contributed by atoms with Gasteiger partial charge in [0.05, 0.1) is 6.10 Å². The van der Waals surface area contributed by atoms with Crippen molar-refractivity contribution in [1.29, 1.82) is 0 Å². The Bertz CT molecular complexity index is 519. The molecule has 3 rings (SSSR count). The Labute approximate surface area is 130 Å². The molecule has 7 heteroatoms. The van der Waals surface area contributed by atoms with Crippen LogP contribution in [0, 0.1) is 12.8 Å². The van der Waals surface area contributed by atoms with Gasteiger partial charge in [-0.25, -0.2) is 0 Å². The fourth-order valence-corrected chi connectivity index (χ4v) is 3.38. The van der Waals surface area contributed by atoms with Crippen LogP contribution in [0.5, 0.6) is 0 Å². The summed E-state index contributed by atoms with van der Waals surface area (Å²) in [7, 11) is 0. The second-order valence-electron chi connectivity index (χ2n) is 6.29. The minimum absolute atomic E-state index is 0.0387. The van der Waals surface area contributed by atoms with Crippen molar-refractivity contribution >= 4 is 5.91 Å². The molecule has 7 nitrogen and oxygen atoms in total. The third-order valence-electron chi connectivity index (χ3n) is 4.52. The number of nitrogens with two attached hydrogens (primary N) is 1. The third kappa shape index (κ3) is 3.47. The van der Waals surface area contributed by atoms with Gasteiger partial charge in [-0.2, -0.15) is 4.98 Å². The Kier molecular flexibility index (Phi) is 4.73. The van der Waals surface area contributed by atoms with Gasteiger partial charge in [0, 0.05) is 33.0 Å². The topological polar surface area (TPSA) is 94.5 Å². The first kappa shape index (κ1) is 15.4. The lowest BCUT2D eigenvalue weighted by Crippen LogP contribution is -2.45. The van der Waals surface area contributed by atoms with Gasteiger partial charge in [-0.05, 0) is 31.6 Å². The van der Waals surface area contributed by atoms with Crippen LogP contribution in [0.25, 0.3) is 0 Å². The lowest BCUT2D eigenvalue weighted by atomic mass is 9.94. The first-order chi connectivity index (χ1) is 10.7. The number of hydrogen-bond acceptors (Lipinski definition) is 6. The molecule has 0 spiro atoms. The average Bonchev–Trinajstić information content (AvgIpc) is 3.16. The summed E-state index contributed by atoms with van der Waals surface area (Å²) < 4.78 is 10.7. The first-order valence-electron chi connectivity index (χ1n) is 8.09. The van der Waals surface area contributed by atoms with Gasteiger partial charge >= 0.3 is 0 Å². The van der Waals surface area contributed by atoms with Gasteiger partial charge in [0.1, 0.15) is 6.10 Å². The van der Waals surface area contributed by atoms with Crippen molar-refractivity contribution in [2.24, 2.45) is 11.7 Å². The number of hydrogen-bond donors (Lipinski definition) is 1. The summed E-state index contributed by atoms with van der Waals surface area (Å²) in [5, 5.41) is 3.95. The highest BCUT2D eigenvalue weighted by molar-refractivity contribution is 5.81. The van der Waals surface area contributed by atoms with Gasteiger partial charge < -0.3 is 19.9 Å². The van der Waals surface area contributed by atoms with Gasteiger partial charge in [0.2, 0.25) is 5.89 Å². The van der Waals surface area contributed by atoms with Gasteiger partial charge in [0.15, 0.2) is 5.82 Å². The molecule has 2 saturated heterocycles. The van der Waals surface area contributed by atoms with E-state index in [9.17, 15) is 4.79 Å². The van der Waals surface area contributed by atoms with E-state index in [0.717, 1.165) is 51.0 Å². The maximum atomic E-state index is 12.6. The lowest BCUT2D eigenvalue weighted by molar-refractivity contribution is -0.144. The number of likely N-dealkylation sites (tertiary alicyclic amines) is 1. The summed E-state index contributed by atoms with van der Waals surface area (Å²) in [4.78, 5) is 18.8. The maximum Gasteiger partial charge on any atom is 0.251 e. The molecule has 1 aromatic heterocycles. The van der Waals surface area contributed by atoms with Crippen LogP contribution < -0.4 is 5.73 Å². The molecule has 3 atom stereocenters. The molecule has 0 radical (unpaired) electrons. The quantitative estimate of drug-likeness (QED) is 0.878. The van der Waals surface area contributed by atoms with E-state index in [-0.39, 0.29) is 18.1 Å². The summed E-state index contributed by atoms with van der Waals surface area (Å²) in [5.41, 5.74) is 5.61. The molecule has 1 aromatic rings. The SMILES string of the molecule is Cc1nc(CC2CCCN(C(=O)[C@@H]3CC[C@H](CN)O3)C2)no1. The molecule has 0 saturated carbocycles. The van der Waals surface area contributed by atoms with Crippen LogP contribution in [0.2, 0.25) is 0 Å². The highest BCUT2D eigenvalue weighted by Gasteiger charge is 2.35. The predicted molar refractivity (Wildman–Crippen MR) is 79.0 cm³/mol. The van der Waals surface area contributed by atoms with Crippen LogP contribution in [0.3, 0.4) is 0 Å². The largest absolute Gasteiger partial charge is 0.364 e. The molecular weight excluding hydrogens is 284 g/mol. The zero-order chi connectivity index (χ0) is 15.5. The number of nitrogens with zero attached hydrogens (tertiary/aromatic N) is 3. The molecule has 2 aliphatic heterocycles. The standard InChI is InChI=1S/C15H24N4O3/c1-10-17-14(18-22-10)7-11-3-2-6-19(9-11)15(20)13-5-4-12(8-16)21-13/h11-13H,2-9,16H2,1H3/t11?,12-,13+/m1/s1. The summed E-state index contributed by atoms with van der Waals surface area (Å²) in [5.74, 6) is 1.83. The van der Waals surface area contributed by atoms with E-state index in [4.69, 9.17) is 15.0 Å². The number of carbonyl (C=O) groups excluding carboxylic acids is 1. The van der Waals surface area contributed by atoms with Crippen molar-refractivity contribution in [3.05, 3.63) is 11.7 Å². The monoisotopic (exact) mass is 308 g/mol. The molecule has 0 aromatic carbocycles. The number of ether oxygens (including phenoxy) is 1. The fourth-order valence-electron chi connectivity index (χ4n) is 3.38. The molecule has 1 amide bonds. The molecule has 3 heterocycles. The summed E-state index contributed by atoms with van der Waals surface area (Å²) in [6.45, 7) is 3.84. The maximum absolute atomic E-state index is 12.6. The number of aryl methyl sites for hydroxylation is 1. The van der Waals surface area contributed by atoms with Crippen LogP contribution in [-0.2, 0) is 16.0 Å². The van der Waals surface area contributed by atoms with E-state index < -0.39 is 0 Å². The molecule has 2 aliphatic rings. The number of piperidine rings is 1. The molecule has 1 unspecified atom stereocenters. The van der Waals surface area contributed by atoms with E-state index in [1.54, 1.807) is 6.92 Å². The van der Waals surface area contributed by atoms with Crippen molar-refractivity contribution in [2.45, 2.75) is 51.2 Å². The highest BCUT2D eigenvalue weighted by Crippen LogP contribution is 2.25. The minimum atomic E-state index is -0.306. The van der Waals surface area contributed by atoms with Crippen LogP contribution in [0.4, 0.5) is 0 Å². The van der Waals surface area contributed by atoms with Crippen molar-refractivity contribution in [1.82, 2.24) is 15.0 Å². The average molecular weight is 308 g/mol. The summed E-state index contributed by atoms with van der Waals surface area (Å²) >= 11 is 0. The summed E-state index contributed by atoms with van der Waals surface area (Å²) in [6, 6.07) is 0. The molecule has 0 bridgehead atoms. The van der Waals surface area contributed by atoms with Crippen molar-refractivity contribution < 1.29 is 14.1 Å². The molecule has 122 valence electrons. The minimum Gasteiger partial charge on any atom is -0.364 e. The Morgan fingerprint density at radius 3 is 2.95 bits per heavy atom. The molecule has 22 heavy (non-hydrogen) atoms. The van der Waals surface area contributed by atoms with Crippen LogP contribution in [-0.4, -0.2) is 52.8 Å². The molecule has 0 aliphatic carbocycles. The predicted octanol–water partition coefficient (Wildman–Crippen LogP) is 0.665. The van der Waals surface area contributed by atoms with E-state index in [1.165, 1.54) is 0 Å². The van der Waals surface area contributed by atoms with E-state index >= 15 is 0 Å². The number of amides is 1. The zero-order valence-electron chi connectivity index (χ0n) is 13.0. The molecule has 2 fully saturated rings. The van der Waals surface area contributed by atoms with E-state index in [1.807, 2.05) is 4.90 Å². The van der Waals surface area contributed by atoms with Gasteiger partial charge in [-0.15, -0.1) is 0 Å². The molecular formula is C15H24N4O3. The Morgan fingerprint density at radius 1 is 1.41 bits per heavy atom. The van der Waals surface area contributed by atoms with Crippen LogP contribution in [0.15, 0.2) is 4.52 Å². The van der Waals surface area contributed by atoms with Crippen molar-refractivity contribution in [3.63, 3.8) is 0 Å². The molecule has 2 N–H and O–H groups in total. The normalized spacial score (nSPS) is 29.0. The smallest absolute Gasteiger partial charge is 0.251 e. The van der Waals surface area contributed by atoms with Crippen molar-refractivity contribution in [2.75, 3.05) is 19.6 Å². The summed E-state index contributed by atoms with van der Waals surface area (Å²) in [6.07, 6.45) is 4.27. The van der Waals surface area contributed by atoms with E-state index in [0.29, 0.717) is 18.4 Å². The van der Waals surface area contributed by atoms with Gasteiger partial charge in [0.25, 0.3) is 5.91 Å². The van der Waals surface area contributed by atoms with E-state index in [2.05, 4.69) is 10.1 Å². The second kappa shape index (κ2) is 6.75. The highest BCUT2D eigenvalue weighted by atomic mass is 16.5. The Morgan fingerprint density at radius 2 is 2.27 bits per heavy atom. The first-order valence-corrected chi connectivity index (χ1v) is 8.09. The Balaban J connectivity index is 1.55. The lowest BCUT2D eigenvalue weighted by Gasteiger charge is -2.33. The van der Waals surface area contributed by atoms with Crippen LogP contribution >= 0.6 is 0 Å². The Hall–Kier alpha value is -1.47. The second-order valence-corrected chi connectivity index (χ2v) is 6.29. The fraction of sp³-hybridized carbons (Fsp3) is 0.800. The number of aromatic nitrogens is 2. The third-order valence-corrected chi connectivity index (χ3v) is 4.52. The zero-order valence-corrected chi connectivity index (χ0v) is 13.0. The van der Waals surface area contributed by atoms with Gasteiger partial charge in [-0.3, -0.25) is 4.79 Å².